The fraction of sp³-hybridized carbons (Fsp3) is 0.133. The second-order valence-corrected chi connectivity index (χ2v) is 5.50. The monoisotopic (exact) mass is 322 g/mol. The number of Topliss-reactive ketones (excluding diaryl/α,β-unsaturated/α-hetero) is 1. The molecular formula is C15H9BrF2O. The van der Waals surface area contributed by atoms with Crippen LogP contribution in [0.15, 0.2) is 40.9 Å². The number of halogens is 3. The van der Waals surface area contributed by atoms with Crippen molar-refractivity contribution in [2.75, 3.05) is 0 Å². The normalized spacial score (nSPS) is 14.9. The number of carbonyl (C=O) groups is 1. The number of rotatable bonds is 1. The lowest BCUT2D eigenvalue weighted by Gasteiger charge is -2.12. The van der Waals surface area contributed by atoms with E-state index in [1.165, 1.54) is 19.1 Å². The lowest BCUT2D eigenvalue weighted by molar-refractivity contribution is 0.0479. The molecule has 96 valence electrons. The number of carbonyl (C=O) groups excluding carboxylic acids is 1. The van der Waals surface area contributed by atoms with Crippen LogP contribution in [0.1, 0.15) is 28.4 Å². The quantitative estimate of drug-likeness (QED) is 0.691. The summed E-state index contributed by atoms with van der Waals surface area (Å²) in [7, 11) is 0. The molecule has 0 N–H and O–H groups in total. The summed E-state index contributed by atoms with van der Waals surface area (Å²) < 4.78 is 29.5. The molecule has 0 atom stereocenters. The smallest absolute Gasteiger partial charge is 0.295 e. The standard InChI is InChI=1S/C15H9BrF2O/c1-8(19)9-2-4-11-12-5-3-10(16)7-14(12)15(17,18)13(11)6-9/h2-7H,1H3. The summed E-state index contributed by atoms with van der Waals surface area (Å²) in [5.41, 5.74) is 1.23. The zero-order chi connectivity index (χ0) is 13.8. The highest BCUT2D eigenvalue weighted by molar-refractivity contribution is 9.10. The van der Waals surface area contributed by atoms with E-state index in [2.05, 4.69) is 15.9 Å². The largest absolute Gasteiger partial charge is 0.299 e. The van der Waals surface area contributed by atoms with E-state index in [-0.39, 0.29) is 16.9 Å². The first-order valence-corrected chi connectivity index (χ1v) is 6.54. The Kier molecular flexibility index (Phi) is 2.61. The van der Waals surface area contributed by atoms with Gasteiger partial charge in [0.05, 0.1) is 0 Å². The second kappa shape index (κ2) is 3.97. The molecule has 0 heterocycles. The molecule has 0 unspecified atom stereocenters. The van der Waals surface area contributed by atoms with Gasteiger partial charge in [0, 0.05) is 21.2 Å². The van der Waals surface area contributed by atoms with Crippen LogP contribution in [-0.2, 0) is 5.92 Å². The number of fused-ring (bicyclic) bond motifs is 3. The number of hydrogen-bond acceptors (Lipinski definition) is 1. The van der Waals surface area contributed by atoms with Crippen LogP contribution in [0.5, 0.6) is 0 Å². The van der Waals surface area contributed by atoms with Gasteiger partial charge in [-0.05, 0) is 36.2 Å². The number of alkyl halides is 2. The lowest BCUT2D eigenvalue weighted by Crippen LogP contribution is -2.11. The average molecular weight is 323 g/mol. The van der Waals surface area contributed by atoms with Gasteiger partial charge < -0.3 is 0 Å². The van der Waals surface area contributed by atoms with E-state index in [0.717, 1.165) is 0 Å². The molecule has 0 bridgehead atoms. The lowest BCUT2D eigenvalue weighted by atomic mass is 10.0. The average Bonchev–Trinajstić information content (AvgIpc) is 2.58. The molecule has 0 spiro atoms. The molecule has 1 aliphatic rings. The topological polar surface area (TPSA) is 17.1 Å². The molecule has 0 saturated carbocycles. The van der Waals surface area contributed by atoms with Crippen LogP contribution < -0.4 is 0 Å². The van der Waals surface area contributed by atoms with E-state index in [4.69, 9.17) is 0 Å². The van der Waals surface area contributed by atoms with Crippen molar-refractivity contribution in [2.45, 2.75) is 12.8 Å². The summed E-state index contributed by atoms with van der Waals surface area (Å²) in [5.74, 6) is -3.27. The summed E-state index contributed by atoms with van der Waals surface area (Å²) in [6, 6.07) is 9.33. The molecule has 2 aromatic rings. The third-order valence-electron chi connectivity index (χ3n) is 3.37. The molecule has 0 fully saturated rings. The summed E-state index contributed by atoms with van der Waals surface area (Å²) in [4.78, 5) is 11.3. The van der Waals surface area contributed by atoms with Crippen molar-refractivity contribution in [3.63, 3.8) is 0 Å². The first-order valence-electron chi connectivity index (χ1n) is 5.75. The predicted octanol–water partition coefficient (Wildman–Crippen LogP) is 4.77. The van der Waals surface area contributed by atoms with Gasteiger partial charge in [-0.1, -0.05) is 34.1 Å². The molecule has 0 saturated heterocycles. The molecule has 4 heteroatoms. The fourth-order valence-electron chi connectivity index (χ4n) is 2.41. The maximum atomic E-state index is 14.4. The highest BCUT2D eigenvalue weighted by Crippen LogP contribution is 2.51. The van der Waals surface area contributed by atoms with Crippen LogP contribution >= 0.6 is 15.9 Å². The minimum atomic E-state index is -3.06. The number of hydrogen-bond donors (Lipinski definition) is 0. The van der Waals surface area contributed by atoms with E-state index < -0.39 is 5.92 Å². The van der Waals surface area contributed by atoms with E-state index in [0.29, 0.717) is 21.2 Å². The zero-order valence-electron chi connectivity index (χ0n) is 10.0. The Balaban J connectivity index is 2.30. The van der Waals surface area contributed by atoms with Crippen molar-refractivity contribution in [3.8, 4) is 11.1 Å². The second-order valence-electron chi connectivity index (χ2n) is 4.58. The van der Waals surface area contributed by atoms with Crippen molar-refractivity contribution in [2.24, 2.45) is 0 Å². The number of ketones is 1. The van der Waals surface area contributed by atoms with Crippen LogP contribution in [0.2, 0.25) is 0 Å². The summed E-state index contributed by atoms with van der Waals surface area (Å²) in [6.07, 6.45) is 0. The molecule has 0 aromatic heterocycles. The first-order chi connectivity index (χ1) is 8.91. The highest BCUT2D eigenvalue weighted by atomic mass is 79.9. The van der Waals surface area contributed by atoms with Crippen molar-refractivity contribution in [3.05, 3.63) is 57.6 Å². The summed E-state index contributed by atoms with van der Waals surface area (Å²) in [6.45, 7) is 1.37. The number of benzene rings is 2. The molecule has 0 radical (unpaired) electrons. The van der Waals surface area contributed by atoms with Gasteiger partial charge in [0.25, 0.3) is 5.92 Å². The molecule has 0 aliphatic heterocycles. The molecule has 0 amide bonds. The van der Waals surface area contributed by atoms with Gasteiger partial charge in [-0.3, -0.25) is 4.79 Å². The van der Waals surface area contributed by atoms with Gasteiger partial charge in [-0.25, -0.2) is 0 Å². The van der Waals surface area contributed by atoms with Crippen LogP contribution in [0, 0.1) is 0 Å². The molecule has 2 aromatic carbocycles. The first kappa shape index (κ1) is 12.5. The molecular weight excluding hydrogens is 314 g/mol. The summed E-state index contributed by atoms with van der Waals surface area (Å²) in [5, 5.41) is 0. The van der Waals surface area contributed by atoms with Crippen LogP contribution in [0.25, 0.3) is 11.1 Å². The Morgan fingerprint density at radius 2 is 1.63 bits per heavy atom. The van der Waals surface area contributed by atoms with E-state index >= 15 is 0 Å². The predicted molar refractivity (Wildman–Crippen MR) is 72.6 cm³/mol. The van der Waals surface area contributed by atoms with Crippen molar-refractivity contribution >= 4 is 21.7 Å². The van der Waals surface area contributed by atoms with Crippen LogP contribution in [-0.4, -0.2) is 5.78 Å². The van der Waals surface area contributed by atoms with Gasteiger partial charge >= 0.3 is 0 Å². The SMILES string of the molecule is CC(=O)c1ccc2c(c1)C(F)(F)c1cc(Br)ccc1-2. The van der Waals surface area contributed by atoms with Gasteiger partial charge in [-0.15, -0.1) is 0 Å². The third-order valence-corrected chi connectivity index (χ3v) is 3.87. The Morgan fingerprint density at radius 1 is 1.05 bits per heavy atom. The van der Waals surface area contributed by atoms with E-state index in [1.54, 1.807) is 24.3 Å². The van der Waals surface area contributed by atoms with Gasteiger partial charge in [0.2, 0.25) is 0 Å². The molecule has 19 heavy (non-hydrogen) atoms. The van der Waals surface area contributed by atoms with Crippen molar-refractivity contribution in [1.29, 1.82) is 0 Å². The molecule has 1 aliphatic carbocycles. The molecule has 1 nitrogen and oxygen atoms in total. The van der Waals surface area contributed by atoms with Gasteiger partial charge in [0.1, 0.15) is 0 Å². The van der Waals surface area contributed by atoms with Crippen molar-refractivity contribution < 1.29 is 13.6 Å². The van der Waals surface area contributed by atoms with Crippen LogP contribution in [0.4, 0.5) is 8.78 Å². The van der Waals surface area contributed by atoms with E-state index in [1.807, 2.05) is 0 Å². The summed E-state index contributed by atoms with van der Waals surface area (Å²) >= 11 is 3.21. The van der Waals surface area contributed by atoms with Gasteiger partial charge in [-0.2, -0.15) is 8.78 Å². The third kappa shape index (κ3) is 1.74. The van der Waals surface area contributed by atoms with Gasteiger partial charge in [0.15, 0.2) is 5.78 Å². The Morgan fingerprint density at radius 3 is 2.26 bits per heavy atom. The van der Waals surface area contributed by atoms with Crippen LogP contribution in [0.3, 0.4) is 0 Å². The fourth-order valence-corrected chi connectivity index (χ4v) is 2.78. The maximum Gasteiger partial charge on any atom is 0.299 e. The minimum Gasteiger partial charge on any atom is -0.295 e. The Bertz CT molecular complexity index is 707. The molecule has 3 rings (SSSR count). The maximum absolute atomic E-state index is 14.4. The Labute approximate surface area is 117 Å². The zero-order valence-corrected chi connectivity index (χ0v) is 11.6. The van der Waals surface area contributed by atoms with Crippen molar-refractivity contribution in [1.82, 2.24) is 0 Å². The van der Waals surface area contributed by atoms with E-state index in [9.17, 15) is 13.6 Å². The Hall–Kier alpha value is -1.55. The minimum absolute atomic E-state index is 0.0161. The highest BCUT2D eigenvalue weighted by Gasteiger charge is 2.44.